The number of rotatable bonds is 6. The van der Waals surface area contributed by atoms with Crippen LogP contribution < -0.4 is 10.6 Å². The van der Waals surface area contributed by atoms with Gasteiger partial charge in [0.2, 0.25) is 5.91 Å². The summed E-state index contributed by atoms with van der Waals surface area (Å²) in [5.74, 6) is 0.125. The maximum Gasteiger partial charge on any atom is 0.229 e. The Morgan fingerprint density at radius 3 is 2.94 bits per heavy atom. The van der Waals surface area contributed by atoms with E-state index in [4.69, 9.17) is 4.74 Å². The smallest absolute Gasteiger partial charge is 0.229 e. The molecule has 0 spiro atoms. The van der Waals surface area contributed by atoms with Crippen LogP contribution in [0.25, 0.3) is 0 Å². The third-order valence-corrected chi connectivity index (χ3v) is 4.07. The lowest BCUT2D eigenvalue weighted by Gasteiger charge is -2.26. The van der Waals surface area contributed by atoms with Crippen molar-refractivity contribution in [1.82, 2.24) is 10.6 Å². The molecule has 1 saturated heterocycles. The molecule has 2 N–H and O–H groups in total. The van der Waals surface area contributed by atoms with Gasteiger partial charge in [0.05, 0.1) is 12.0 Å². The van der Waals surface area contributed by atoms with E-state index in [-0.39, 0.29) is 11.3 Å². The SMILES string of the molecule is COCC1(C(=O)NCC(C)SC)CCNC1. The van der Waals surface area contributed by atoms with Crippen LogP contribution in [0.4, 0.5) is 0 Å². The molecule has 0 radical (unpaired) electrons. The molecule has 1 heterocycles. The fraction of sp³-hybridized carbons (Fsp3) is 0.909. The van der Waals surface area contributed by atoms with E-state index in [1.54, 1.807) is 18.9 Å². The molecule has 0 saturated carbocycles. The molecule has 1 aliphatic heterocycles. The van der Waals surface area contributed by atoms with E-state index in [9.17, 15) is 4.79 Å². The van der Waals surface area contributed by atoms with Gasteiger partial charge < -0.3 is 15.4 Å². The van der Waals surface area contributed by atoms with E-state index in [0.717, 1.165) is 26.1 Å². The van der Waals surface area contributed by atoms with Gasteiger partial charge in [0.25, 0.3) is 0 Å². The van der Waals surface area contributed by atoms with Gasteiger partial charge in [-0.05, 0) is 19.2 Å². The van der Waals surface area contributed by atoms with E-state index >= 15 is 0 Å². The predicted octanol–water partition coefficient (Wildman–Crippen LogP) is 0.480. The third kappa shape index (κ3) is 3.37. The van der Waals surface area contributed by atoms with E-state index in [2.05, 4.69) is 23.8 Å². The molecule has 0 aromatic carbocycles. The maximum absolute atomic E-state index is 12.1. The first-order valence-corrected chi connectivity index (χ1v) is 6.94. The van der Waals surface area contributed by atoms with Crippen LogP contribution >= 0.6 is 11.8 Å². The number of thioether (sulfide) groups is 1. The van der Waals surface area contributed by atoms with Gasteiger partial charge in [0.1, 0.15) is 0 Å². The summed E-state index contributed by atoms with van der Waals surface area (Å²) in [6.07, 6.45) is 2.92. The Hall–Kier alpha value is -0.260. The average molecular weight is 246 g/mol. The van der Waals surface area contributed by atoms with E-state index in [1.807, 2.05) is 0 Å². The second-order valence-electron chi connectivity index (χ2n) is 4.40. The highest BCUT2D eigenvalue weighted by Gasteiger charge is 2.41. The highest BCUT2D eigenvalue weighted by Crippen LogP contribution is 2.26. The van der Waals surface area contributed by atoms with Gasteiger partial charge in [-0.1, -0.05) is 6.92 Å². The highest BCUT2D eigenvalue weighted by molar-refractivity contribution is 7.99. The lowest BCUT2D eigenvalue weighted by atomic mass is 9.87. The molecule has 4 nitrogen and oxygen atoms in total. The second kappa shape index (κ2) is 6.47. The molecule has 2 atom stereocenters. The first-order chi connectivity index (χ1) is 7.64. The van der Waals surface area contributed by atoms with E-state index < -0.39 is 0 Å². The van der Waals surface area contributed by atoms with Crippen molar-refractivity contribution in [1.29, 1.82) is 0 Å². The molecule has 0 aliphatic carbocycles. The first-order valence-electron chi connectivity index (χ1n) is 5.65. The summed E-state index contributed by atoms with van der Waals surface area (Å²) in [6, 6.07) is 0. The molecule has 1 rings (SSSR count). The highest BCUT2D eigenvalue weighted by atomic mass is 32.2. The van der Waals surface area contributed by atoms with Crippen molar-refractivity contribution < 1.29 is 9.53 Å². The molecule has 0 aromatic heterocycles. The lowest BCUT2D eigenvalue weighted by molar-refractivity contribution is -0.132. The summed E-state index contributed by atoms with van der Waals surface area (Å²) in [7, 11) is 1.65. The monoisotopic (exact) mass is 246 g/mol. The van der Waals surface area contributed by atoms with E-state index in [1.165, 1.54) is 0 Å². The zero-order valence-electron chi connectivity index (χ0n) is 10.3. The van der Waals surface area contributed by atoms with Crippen LogP contribution in [-0.4, -0.2) is 50.8 Å². The Balaban J connectivity index is 2.48. The minimum Gasteiger partial charge on any atom is -0.384 e. The molecule has 16 heavy (non-hydrogen) atoms. The number of amides is 1. The summed E-state index contributed by atoms with van der Waals surface area (Å²) >= 11 is 1.76. The Bertz CT molecular complexity index is 230. The number of carbonyl (C=O) groups excluding carboxylic acids is 1. The van der Waals surface area contributed by atoms with Gasteiger partial charge in [0.15, 0.2) is 0 Å². The summed E-state index contributed by atoms with van der Waals surface area (Å²) in [5.41, 5.74) is -0.354. The van der Waals surface area contributed by atoms with Crippen LogP contribution in [0.15, 0.2) is 0 Å². The van der Waals surface area contributed by atoms with Crippen LogP contribution in [0.3, 0.4) is 0 Å². The minimum absolute atomic E-state index is 0.125. The molecule has 1 aliphatic rings. The van der Waals surface area contributed by atoms with Crippen LogP contribution in [0.2, 0.25) is 0 Å². The Morgan fingerprint density at radius 2 is 2.44 bits per heavy atom. The Morgan fingerprint density at radius 1 is 1.69 bits per heavy atom. The molecular weight excluding hydrogens is 224 g/mol. The Kier molecular flexibility index (Phi) is 5.58. The summed E-state index contributed by atoms with van der Waals surface area (Å²) in [5, 5.41) is 6.71. The third-order valence-electron chi connectivity index (χ3n) is 3.10. The molecular formula is C11H22N2O2S. The predicted molar refractivity (Wildman–Crippen MR) is 67.8 cm³/mol. The minimum atomic E-state index is -0.354. The molecule has 0 bridgehead atoms. The summed E-state index contributed by atoms with van der Waals surface area (Å²) in [4.78, 5) is 12.1. The number of hydrogen-bond donors (Lipinski definition) is 2. The van der Waals surface area contributed by atoms with Gasteiger partial charge in [-0.3, -0.25) is 4.79 Å². The van der Waals surface area contributed by atoms with Crippen molar-refractivity contribution in [2.45, 2.75) is 18.6 Å². The lowest BCUT2D eigenvalue weighted by Crippen LogP contribution is -2.46. The van der Waals surface area contributed by atoms with Gasteiger partial charge in [0, 0.05) is 25.4 Å². The van der Waals surface area contributed by atoms with Crippen molar-refractivity contribution in [3.8, 4) is 0 Å². The normalized spacial score (nSPS) is 26.7. The fourth-order valence-electron chi connectivity index (χ4n) is 1.91. The number of nitrogens with one attached hydrogen (secondary N) is 2. The topological polar surface area (TPSA) is 50.4 Å². The quantitative estimate of drug-likeness (QED) is 0.716. The van der Waals surface area contributed by atoms with Crippen molar-refractivity contribution in [2.75, 3.05) is 39.6 Å². The number of carbonyl (C=O) groups is 1. The van der Waals surface area contributed by atoms with Crippen molar-refractivity contribution >= 4 is 17.7 Å². The van der Waals surface area contributed by atoms with Crippen LogP contribution in [0.1, 0.15) is 13.3 Å². The zero-order valence-corrected chi connectivity index (χ0v) is 11.2. The average Bonchev–Trinajstić information content (AvgIpc) is 2.75. The summed E-state index contributed by atoms with van der Waals surface area (Å²) < 4.78 is 5.18. The number of hydrogen-bond acceptors (Lipinski definition) is 4. The number of ether oxygens (including phenoxy) is 1. The van der Waals surface area contributed by atoms with Crippen molar-refractivity contribution in [2.24, 2.45) is 5.41 Å². The summed E-state index contributed by atoms with van der Waals surface area (Å²) in [6.45, 7) is 4.96. The van der Waals surface area contributed by atoms with E-state index in [0.29, 0.717) is 11.9 Å². The fourth-order valence-corrected chi connectivity index (χ4v) is 2.16. The molecule has 1 amide bonds. The first kappa shape index (κ1) is 13.8. The zero-order chi connectivity index (χ0) is 12.0. The molecule has 1 fully saturated rings. The van der Waals surface area contributed by atoms with Crippen molar-refractivity contribution in [3.63, 3.8) is 0 Å². The van der Waals surface area contributed by atoms with Crippen LogP contribution in [0, 0.1) is 5.41 Å². The van der Waals surface area contributed by atoms with Gasteiger partial charge in [-0.25, -0.2) is 0 Å². The van der Waals surface area contributed by atoms with Gasteiger partial charge >= 0.3 is 0 Å². The molecule has 5 heteroatoms. The second-order valence-corrected chi connectivity index (χ2v) is 5.67. The number of methoxy groups -OCH3 is 1. The Labute approximate surface area is 102 Å². The standard InChI is InChI=1S/C11H22N2O2S/c1-9(16-3)6-13-10(14)11(8-15-2)4-5-12-7-11/h9,12H,4-8H2,1-3H3,(H,13,14). The molecule has 94 valence electrons. The van der Waals surface area contributed by atoms with Gasteiger partial charge in [-0.15, -0.1) is 0 Å². The van der Waals surface area contributed by atoms with Gasteiger partial charge in [-0.2, -0.15) is 11.8 Å². The van der Waals surface area contributed by atoms with Crippen LogP contribution in [0.5, 0.6) is 0 Å². The maximum atomic E-state index is 12.1. The molecule has 0 aromatic rings. The van der Waals surface area contributed by atoms with Crippen molar-refractivity contribution in [3.05, 3.63) is 0 Å². The molecule has 2 unspecified atom stereocenters. The van der Waals surface area contributed by atoms with Crippen LogP contribution in [-0.2, 0) is 9.53 Å². The largest absolute Gasteiger partial charge is 0.384 e.